The van der Waals surface area contributed by atoms with Crippen LogP contribution in [0, 0.1) is 11.8 Å². The molecule has 6 nitrogen and oxygen atoms in total. The molecule has 0 spiro atoms. The number of allylic oxidation sites excluding steroid dienone is 1. The minimum absolute atomic E-state index is 0.164. The molecule has 2 amide bonds. The summed E-state index contributed by atoms with van der Waals surface area (Å²) in [4.78, 5) is 34.1. The highest BCUT2D eigenvalue weighted by Crippen LogP contribution is 2.33. The highest BCUT2D eigenvalue weighted by atomic mass is 35.5. The lowest BCUT2D eigenvalue weighted by Gasteiger charge is -2.24. The van der Waals surface area contributed by atoms with Gasteiger partial charge in [-0.2, -0.15) is 0 Å². The first-order valence-electron chi connectivity index (χ1n) is 10.7. The first-order chi connectivity index (χ1) is 16.4. The summed E-state index contributed by atoms with van der Waals surface area (Å²) in [6, 6.07) is 14.4. The van der Waals surface area contributed by atoms with Gasteiger partial charge in [0.25, 0.3) is 5.91 Å². The molecule has 2 aromatic heterocycles. The van der Waals surface area contributed by atoms with E-state index in [4.69, 9.17) is 23.2 Å². The number of nitrogens with zero attached hydrogens (tertiary/aromatic N) is 2. The zero-order valence-electron chi connectivity index (χ0n) is 18.3. The standard InChI is InChI=1S/C26H22Cl2N4O2/c1-16-11-21(23(28)13-19(16)25(33)31-15-17-5-4-9-29-14-17)26(34)32-18-7-8-22(27)20(12-18)24-6-2-3-10-30-24/h2-14,16,19H,15H2,1H3,(H,31,33)(H,32,34). The van der Waals surface area contributed by atoms with Gasteiger partial charge in [-0.3, -0.25) is 19.6 Å². The Labute approximate surface area is 207 Å². The first kappa shape index (κ1) is 23.7. The molecular weight excluding hydrogens is 471 g/mol. The van der Waals surface area contributed by atoms with Crippen molar-refractivity contribution >= 4 is 40.7 Å². The van der Waals surface area contributed by atoms with Crippen molar-refractivity contribution < 1.29 is 9.59 Å². The quantitative estimate of drug-likeness (QED) is 0.484. The molecular formula is C26H22Cl2N4O2. The van der Waals surface area contributed by atoms with E-state index in [1.54, 1.807) is 48.9 Å². The fourth-order valence-electron chi connectivity index (χ4n) is 3.67. The fourth-order valence-corrected chi connectivity index (χ4v) is 4.17. The third-order valence-corrected chi connectivity index (χ3v) is 6.14. The Morgan fingerprint density at radius 3 is 2.62 bits per heavy atom. The maximum atomic E-state index is 13.0. The molecule has 2 heterocycles. The predicted octanol–water partition coefficient (Wildman–Crippen LogP) is 5.37. The molecule has 0 saturated heterocycles. The number of halogens is 2. The van der Waals surface area contributed by atoms with Gasteiger partial charge in [0.15, 0.2) is 0 Å². The van der Waals surface area contributed by atoms with Crippen LogP contribution in [0.3, 0.4) is 0 Å². The number of carbonyl (C=O) groups excluding carboxylic acids is 2. The van der Waals surface area contributed by atoms with Crippen molar-refractivity contribution in [2.24, 2.45) is 11.8 Å². The molecule has 1 aromatic carbocycles. The average Bonchev–Trinajstić information content (AvgIpc) is 2.86. The summed E-state index contributed by atoms with van der Waals surface area (Å²) < 4.78 is 0. The van der Waals surface area contributed by atoms with E-state index < -0.39 is 5.92 Å². The largest absolute Gasteiger partial charge is 0.351 e. The van der Waals surface area contributed by atoms with Crippen LogP contribution in [-0.4, -0.2) is 21.8 Å². The summed E-state index contributed by atoms with van der Waals surface area (Å²) in [5.74, 6) is -1.22. The zero-order chi connectivity index (χ0) is 24.1. The molecule has 8 heteroatoms. The average molecular weight is 493 g/mol. The Bertz CT molecular complexity index is 1260. The number of anilines is 1. The van der Waals surface area contributed by atoms with Crippen molar-refractivity contribution in [3.63, 3.8) is 0 Å². The monoisotopic (exact) mass is 492 g/mol. The number of aromatic nitrogens is 2. The summed E-state index contributed by atoms with van der Waals surface area (Å²) in [7, 11) is 0. The molecule has 0 saturated carbocycles. The molecule has 34 heavy (non-hydrogen) atoms. The molecule has 2 unspecified atom stereocenters. The first-order valence-corrected chi connectivity index (χ1v) is 11.5. The van der Waals surface area contributed by atoms with Gasteiger partial charge in [0.2, 0.25) is 5.91 Å². The van der Waals surface area contributed by atoms with Crippen LogP contribution < -0.4 is 10.6 Å². The second-order valence-electron chi connectivity index (χ2n) is 7.92. The molecule has 0 aliphatic heterocycles. The smallest absolute Gasteiger partial charge is 0.256 e. The van der Waals surface area contributed by atoms with E-state index in [1.807, 2.05) is 37.3 Å². The Kier molecular flexibility index (Phi) is 7.40. The number of hydrogen-bond donors (Lipinski definition) is 2. The lowest BCUT2D eigenvalue weighted by molar-refractivity contribution is -0.124. The molecule has 0 radical (unpaired) electrons. The molecule has 0 bridgehead atoms. The SMILES string of the molecule is CC1C=C(C(=O)Nc2ccc(Cl)c(-c3ccccn3)c2)C(Cl)=CC1C(=O)NCc1cccnc1. The van der Waals surface area contributed by atoms with Crippen LogP contribution in [0.4, 0.5) is 5.69 Å². The van der Waals surface area contributed by atoms with E-state index in [-0.39, 0.29) is 22.8 Å². The number of rotatable bonds is 6. The summed E-state index contributed by atoms with van der Waals surface area (Å²) in [5.41, 5.74) is 3.19. The maximum Gasteiger partial charge on any atom is 0.256 e. The van der Waals surface area contributed by atoms with Gasteiger partial charge >= 0.3 is 0 Å². The Hall–Kier alpha value is -3.48. The van der Waals surface area contributed by atoms with Crippen LogP contribution in [0.15, 0.2) is 89.9 Å². The van der Waals surface area contributed by atoms with Crippen LogP contribution in [0.1, 0.15) is 12.5 Å². The van der Waals surface area contributed by atoms with E-state index in [1.165, 1.54) is 0 Å². The number of pyridine rings is 2. The van der Waals surface area contributed by atoms with E-state index >= 15 is 0 Å². The molecule has 1 aliphatic carbocycles. The molecule has 0 fully saturated rings. The lowest BCUT2D eigenvalue weighted by atomic mass is 9.86. The zero-order valence-corrected chi connectivity index (χ0v) is 19.8. The summed E-state index contributed by atoms with van der Waals surface area (Å²) >= 11 is 12.8. The van der Waals surface area contributed by atoms with Crippen molar-refractivity contribution in [2.45, 2.75) is 13.5 Å². The second-order valence-corrected chi connectivity index (χ2v) is 8.74. The molecule has 3 aromatic rings. The van der Waals surface area contributed by atoms with E-state index in [2.05, 4.69) is 20.6 Å². The highest BCUT2D eigenvalue weighted by molar-refractivity contribution is 6.36. The number of carbonyl (C=O) groups is 2. The minimum atomic E-state index is -0.480. The van der Waals surface area contributed by atoms with E-state index in [9.17, 15) is 9.59 Å². The Balaban J connectivity index is 1.44. The van der Waals surface area contributed by atoms with Gasteiger partial charge in [-0.25, -0.2) is 0 Å². The van der Waals surface area contributed by atoms with E-state index in [0.29, 0.717) is 34.1 Å². The summed E-state index contributed by atoms with van der Waals surface area (Å²) in [5, 5.41) is 6.52. The third-order valence-electron chi connectivity index (χ3n) is 5.48. The lowest BCUT2D eigenvalue weighted by Crippen LogP contribution is -2.34. The summed E-state index contributed by atoms with van der Waals surface area (Å²) in [6.07, 6.45) is 8.41. The summed E-state index contributed by atoms with van der Waals surface area (Å²) in [6.45, 7) is 2.25. The highest BCUT2D eigenvalue weighted by Gasteiger charge is 2.29. The van der Waals surface area contributed by atoms with Crippen molar-refractivity contribution in [1.82, 2.24) is 15.3 Å². The third kappa shape index (κ3) is 5.53. The van der Waals surface area contributed by atoms with Gasteiger partial charge in [-0.1, -0.05) is 54.4 Å². The van der Waals surface area contributed by atoms with Crippen molar-refractivity contribution in [2.75, 3.05) is 5.32 Å². The van der Waals surface area contributed by atoms with Gasteiger partial charge in [-0.15, -0.1) is 0 Å². The molecule has 2 N–H and O–H groups in total. The van der Waals surface area contributed by atoms with E-state index in [0.717, 1.165) is 5.56 Å². The van der Waals surface area contributed by atoms with Crippen LogP contribution in [0.2, 0.25) is 5.02 Å². The second kappa shape index (κ2) is 10.6. The van der Waals surface area contributed by atoms with Crippen LogP contribution in [0.25, 0.3) is 11.3 Å². The van der Waals surface area contributed by atoms with Crippen LogP contribution in [-0.2, 0) is 16.1 Å². The number of hydrogen-bond acceptors (Lipinski definition) is 4. The van der Waals surface area contributed by atoms with Crippen LogP contribution in [0.5, 0.6) is 0 Å². The Morgan fingerprint density at radius 1 is 1.03 bits per heavy atom. The van der Waals surface area contributed by atoms with Crippen molar-refractivity contribution in [3.8, 4) is 11.3 Å². The predicted molar refractivity (Wildman–Crippen MR) is 134 cm³/mol. The topological polar surface area (TPSA) is 84.0 Å². The van der Waals surface area contributed by atoms with Gasteiger partial charge in [0, 0.05) is 41.4 Å². The molecule has 1 aliphatic rings. The van der Waals surface area contributed by atoms with Gasteiger partial charge < -0.3 is 10.6 Å². The fraction of sp³-hybridized carbons (Fsp3) is 0.154. The number of benzene rings is 1. The maximum absolute atomic E-state index is 13.0. The normalized spacial score (nSPS) is 17.4. The van der Waals surface area contributed by atoms with Crippen molar-refractivity contribution in [3.05, 3.63) is 100 Å². The molecule has 2 atom stereocenters. The van der Waals surface area contributed by atoms with Gasteiger partial charge in [0.05, 0.1) is 22.2 Å². The minimum Gasteiger partial charge on any atom is -0.351 e. The molecule has 4 rings (SSSR count). The van der Waals surface area contributed by atoms with Gasteiger partial charge in [0.1, 0.15) is 0 Å². The molecule has 172 valence electrons. The number of nitrogens with one attached hydrogen (secondary N) is 2. The van der Waals surface area contributed by atoms with Crippen LogP contribution >= 0.6 is 23.2 Å². The van der Waals surface area contributed by atoms with Gasteiger partial charge in [-0.05, 0) is 47.9 Å². The van der Waals surface area contributed by atoms with Crippen molar-refractivity contribution in [1.29, 1.82) is 0 Å². The number of amides is 2. The Morgan fingerprint density at radius 2 is 1.88 bits per heavy atom.